The fourth-order valence-electron chi connectivity index (χ4n) is 0.282. The highest BCUT2D eigenvalue weighted by Crippen LogP contribution is 2.22. The minimum absolute atomic E-state index is 0.242. The molecule has 0 bridgehead atoms. The van der Waals surface area contributed by atoms with E-state index >= 15 is 0 Å². The van der Waals surface area contributed by atoms with E-state index < -0.39 is 8.11 Å². The van der Waals surface area contributed by atoms with Crippen LogP contribution in [0, 0.1) is 0 Å². The Bertz CT molecular complexity index is 64.7. The average Bonchev–Trinajstić information content (AvgIpc) is 1.61. The second-order valence-electron chi connectivity index (χ2n) is 1.39. The maximum Gasteiger partial charge on any atom is 0.558 e. The Morgan fingerprint density at radius 2 is 2.29 bits per heavy atom. The van der Waals surface area contributed by atoms with Crippen molar-refractivity contribution in [1.29, 1.82) is 0 Å². The molecule has 3 heteroatoms. The molecule has 0 amide bonds. The number of halogens is 1. The highest BCUT2D eigenvalue weighted by atomic mass is 31.1. The highest BCUT2D eigenvalue weighted by Gasteiger charge is 2.09. The lowest BCUT2D eigenvalue weighted by atomic mass is 10.4. The van der Waals surface area contributed by atoms with Crippen LogP contribution in [0.1, 0.15) is 19.8 Å². The molecule has 1 nitrogen and oxygen atoms in total. The molecule has 7 heavy (non-hydrogen) atoms. The third kappa shape index (κ3) is 6.03. The maximum atomic E-state index is 11.4. The summed E-state index contributed by atoms with van der Waals surface area (Å²) in [5.74, 6) is 0. The van der Waals surface area contributed by atoms with Gasteiger partial charge in [-0.15, -0.1) is 0 Å². The smallest absolute Gasteiger partial charge is 0.0652 e. The molecule has 0 aliphatic rings. The number of rotatable bonds is 3. The third-order valence-corrected chi connectivity index (χ3v) is 1.36. The maximum absolute atomic E-state index is 11.4. The molecule has 0 aliphatic carbocycles. The summed E-state index contributed by atoms with van der Waals surface area (Å²) in [6, 6.07) is 0. The predicted octanol–water partition coefficient (Wildman–Crippen LogP) is 2.50. The van der Waals surface area contributed by atoms with Crippen LogP contribution >= 0.6 is 8.11 Å². The van der Waals surface area contributed by atoms with Crippen LogP contribution in [0.25, 0.3) is 0 Å². The molecule has 0 rings (SSSR count). The zero-order valence-electron chi connectivity index (χ0n) is 4.35. The molecule has 0 aromatic heterocycles. The van der Waals surface area contributed by atoms with Crippen LogP contribution in [-0.4, -0.2) is 6.16 Å². The molecule has 0 aromatic rings. The van der Waals surface area contributed by atoms with Crippen molar-refractivity contribution in [1.82, 2.24) is 0 Å². The van der Waals surface area contributed by atoms with E-state index in [0.29, 0.717) is 0 Å². The van der Waals surface area contributed by atoms with E-state index in [-0.39, 0.29) is 6.16 Å². The predicted molar refractivity (Wildman–Crippen MR) is 28.5 cm³/mol. The summed E-state index contributed by atoms with van der Waals surface area (Å²) in [4.78, 5) is 0. The Balaban J connectivity index is 2.82. The molecule has 0 saturated carbocycles. The highest BCUT2D eigenvalue weighted by molar-refractivity contribution is 7.38. The van der Waals surface area contributed by atoms with Gasteiger partial charge in [-0.1, -0.05) is 13.3 Å². The number of unbranched alkanes of at least 4 members (excludes halogenated alkanes) is 1. The van der Waals surface area contributed by atoms with Gasteiger partial charge in [0.15, 0.2) is 6.16 Å². The molecule has 0 heterocycles. The SMILES string of the molecule is CCCC[P+](=O)F. The molecule has 0 spiro atoms. The van der Waals surface area contributed by atoms with Crippen molar-refractivity contribution < 1.29 is 8.76 Å². The van der Waals surface area contributed by atoms with Gasteiger partial charge in [0.25, 0.3) is 0 Å². The van der Waals surface area contributed by atoms with Crippen molar-refractivity contribution in [3.63, 3.8) is 0 Å². The summed E-state index contributed by atoms with van der Waals surface area (Å²) in [6.07, 6.45) is 1.91. The van der Waals surface area contributed by atoms with Gasteiger partial charge in [-0.05, 0) is 11.0 Å². The van der Waals surface area contributed by atoms with Crippen LogP contribution in [0.5, 0.6) is 0 Å². The monoisotopic (exact) mass is 123 g/mol. The first kappa shape index (κ1) is 7.03. The first-order valence-electron chi connectivity index (χ1n) is 2.37. The van der Waals surface area contributed by atoms with E-state index in [1.54, 1.807) is 0 Å². The van der Waals surface area contributed by atoms with Gasteiger partial charge in [-0.25, -0.2) is 0 Å². The van der Waals surface area contributed by atoms with E-state index in [1.807, 2.05) is 6.92 Å². The molecule has 0 fully saturated rings. The van der Waals surface area contributed by atoms with Gasteiger partial charge in [0, 0.05) is 0 Å². The van der Waals surface area contributed by atoms with Crippen LogP contribution in [0.4, 0.5) is 4.20 Å². The fraction of sp³-hybridized carbons (Fsp3) is 1.00. The van der Waals surface area contributed by atoms with E-state index in [1.165, 1.54) is 0 Å². The van der Waals surface area contributed by atoms with Crippen molar-refractivity contribution in [2.75, 3.05) is 6.16 Å². The molecule has 42 valence electrons. The summed E-state index contributed by atoms with van der Waals surface area (Å²) in [5, 5.41) is 0. The van der Waals surface area contributed by atoms with Crippen molar-refractivity contribution in [3.8, 4) is 0 Å². The lowest BCUT2D eigenvalue weighted by molar-refractivity contribution is 0.557. The van der Waals surface area contributed by atoms with E-state index in [4.69, 9.17) is 0 Å². The van der Waals surface area contributed by atoms with Crippen molar-refractivity contribution in [2.24, 2.45) is 0 Å². The van der Waals surface area contributed by atoms with Gasteiger partial charge >= 0.3 is 8.11 Å². The Morgan fingerprint density at radius 3 is 2.43 bits per heavy atom. The molecule has 0 radical (unpaired) electrons. The van der Waals surface area contributed by atoms with Gasteiger partial charge in [0.1, 0.15) is 0 Å². The second kappa shape index (κ2) is 4.20. The number of hydrogen-bond donors (Lipinski definition) is 0. The second-order valence-corrected chi connectivity index (χ2v) is 2.48. The van der Waals surface area contributed by atoms with Crippen LogP contribution < -0.4 is 0 Å². The number of hydrogen-bond acceptors (Lipinski definition) is 1. The van der Waals surface area contributed by atoms with E-state index in [2.05, 4.69) is 0 Å². The minimum Gasteiger partial charge on any atom is -0.0652 e. The molecule has 0 N–H and O–H groups in total. The Hall–Kier alpha value is 0.0300. The summed E-state index contributed by atoms with van der Waals surface area (Å²) < 4.78 is 21.1. The van der Waals surface area contributed by atoms with Crippen molar-refractivity contribution in [2.45, 2.75) is 19.8 Å². The van der Waals surface area contributed by atoms with Gasteiger partial charge < -0.3 is 0 Å². The lowest BCUT2D eigenvalue weighted by Gasteiger charge is -1.74. The molecular formula is C4H9FOP+. The molecular weight excluding hydrogens is 114 g/mol. The average molecular weight is 123 g/mol. The lowest BCUT2D eigenvalue weighted by Crippen LogP contribution is -1.70. The summed E-state index contributed by atoms with van der Waals surface area (Å²) in [6.45, 7) is 1.94. The first-order chi connectivity index (χ1) is 3.27. The summed E-state index contributed by atoms with van der Waals surface area (Å²) >= 11 is 0. The Labute approximate surface area is 43.8 Å². The standard InChI is InChI=1S/C4H9FOP/c1-2-3-4-7(5)6/h2-4H2,1H3/q+1. The molecule has 1 unspecified atom stereocenters. The quantitative estimate of drug-likeness (QED) is 0.527. The van der Waals surface area contributed by atoms with Gasteiger partial charge in [-0.3, -0.25) is 0 Å². The summed E-state index contributed by atoms with van der Waals surface area (Å²) in [5.41, 5.74) is 0. The topological polar surface area (TPSA) is 17.1 Å². The van der Waals surface area contributed by atoms with Gasteiger partial charge in [-0.2, -0.15) is 0 Å². The molecule has 0 saturated heterocycles. The largest absolute Gasteiger partial charge is 0.558 e. The Morgan fingerprint density at radius 1 is 1.71 bits per heavy atom. The van der Waals surface area contributed by atoms with E-state index in [0.717, 1.165) is 12.8 Å². The zero-order valence-corrected chi connectivity index (χ0v) is 5.25. The van der Waals surface area contributed by atoms with Gasteiger partial charge in [0.2, 0.25) is 0 Å². The van der Waals surface area contributed by atoms with Crippen LogP contribution in [0.3, 0.4) is 0 Å². The Kier molecular flexibility index (Phi) is 4.21. The minimum atomic E-state index is -2.36. The third-order valence-electron chi connectivity index (χ3n) is 0.687. The first-order valence-corrected chi connectivity index (χ1v) is 3.71. The zero-order chi connectivity index (χ0) is 5.70. The van der Waals surface area contributed by atoms with Crippen LogP contribution in [-0.2, 0) is 4.57 Å². The molecule has 0 aromatic carbocycles. The molecule has 0 aliphatic heterocycles. The fourth-order valence-corrected chi connectivity index (χ4v) is 0.847. The molecule has 1 atom stereocenters. The normalized spacial score (nSPS) is 11.4. The van der Waals surface area contributed by atoms with Crippen LogP contribution in [0.2, 0.25) is 0 Å². The van der Waals surface area contributed by atoms with E-state index in [9.17, 15) is 8.76 Å². The summed E-state index contributed by atoms with van der Waals surface area (Å²) in [7, 11) is -2.36. The van der Waals surface area contributed by atoms with Crippen molar-refractivity contribution >= 4 is 8.11 Å². The van der Waals surface area contributed by atoms with Crippen LogP contribution in [0.15, 0.2) is 0 Å². The van der Waals surface area contributed by atoms with Gasteiger partial charge in [0.05, 0.1) is 4.20 Å². The van der Waals surface area contributed by atoms with Crippen molar-refractivity contribution in [3.05, 3.63) is 0 Å².